The molecule has 23 heteroatoms. The van der Waals surface area contributed by atoms with Crippen LogP contribution in [0.3, 0.4) is 0 Å². The van der Waals surface area contributed by atoms with Crippen LogP contribution >= 0.6 is 48.6 Å². The number of non-ortho nitro benzene ring substituents is 2. The third kappa shape index (κ3) is 26.9. The van der Waals surface area contributed by atoms with Crippen molar-refractivity contribution in [2.24, 2.45) is 11.1 Å². The number of rotatable bonds is 14. The molecule has 0 radical (unpaired) electrons. The first-order chi connectivity index (χ1) is 27.6. The Morgan fingerprint density at radius 3 is 1.57 bits per heavy atom. The minimum Gasteiger partial charge on any atom is -0.508 e. The van der Waals surface area contributed by atoms with Crippen LogP contribution in [0.25, 0.3) is 0 Å². The lowest BCUT2D eigenvalue weighted by Crippen LogP contribution is -2.43. The number of nitrogens with two attached hydrogens (primary N) is 1. The summed E-state index contributed by atoms with van der Waals surface area (Å²) < 4.78 is 50.3. The van der Waals surface area contributed by atoms with Gasteiger partial charge in [0.15, 0.2) is 0 Å². The van der Waals surface area contributed by atoms with Crippen LogP contribution < -0.4 is 14.8 Å². The monoisotopic (exact) mass is 984 g/mol. The summed E-state index contributed by atoms with van der Waals surface area (Å²) in [6.45, 7) is 13.5. The fraction of sp³-hybridized carbons (Fsp3) is 0.350. The first-order valence-corrected chi connectivity index (χ1v) is 22.9. The van der Waals surface area contributed by atoms with E-state index in [9.17, 15) is 38.9 Å². The average molecular weight is 986 g/mol. The molecule has 350 valence electrons. The van der Waals surface area contributed by atoms with Crippen LogP contribution in [0.1, 0.15) is 62.8 Å². The zero-order chi connectivity index (χ0) is 45.9. The predicted molar refractivity (Wildman–Crippen MR) is 246 cm³/mol. The van der Waals surface area contributed by atoms with Crippen LogP contribution in [0.2, 0.25) is 0 Å². The van der Waals surface area contributed by atoms with E-state index in [1.807, 2.05) is 0 Å². The highest BCUT2D eigenvalue weighted by atomic mass is 35.9. The Morgan fingerprint density at radius 2 is 1.21 bits per heavy atom. The van der Waals surface area contributed by atoms with Crippen LogP contribution in [0.4, 0.5) is 11.4 Å². The van der Waals surface area contributed by atoms with Crippen LogP contribution in [-0.4, -0.2) is 56.3 Å². The van der Waals surface area contributed by atoms with Crippen molar-refractivity contribution >= 4 is 71.9 Å². The van der Waals surface area contributed by atoms with Gasteiger partial charge in [0, 0.05) is 52.8 Å². The number of carbonyl (C=O) groups excluding carboxylic acids is 2. The fourth-order valence-corrected chi connectivity index (χ4v) is 6.92. The second-order valence-electron chi connectivity index (χ2n) is 14.0. The number of phenolic OH excluding ortho intramolecular Hbond substituents is 1. The second kappa shape index (κ2) is 28.6. The lowest BCUT2D eigenvalue weighted by Gasteiger charge is -2.28. The van der Waals surface area contributed by atoms with Crippen LogP contribution in [0.15, 0.2) is 109 Å². The van der Waals surface area contributed by atoms with E-state index < -0.39 is 40.4 Å². The molecule has 0 spiro atoms. The average Bonchev–Trinajstić information content (AvgIpc) is 3.12. The summed E-state index contributed by atoms with van der Waals surface area (Å²) in [5.74, 6) is -0.0701. The molecule has 0 heterocycles. The van der Waals surface area contributed by atoms with E-state index in [0.717, 1.165) is 0 Å². The maximum atomic E-state index is 13.6. The number of phenols is 1. The molecule has 0 fully saturated rings. The second-order valence-corrected chi connectivity index (χ2v) is 20.2. The highest BCUT2D eigenvalue weighted by Crippen LogP contribution is 2.59. The molecule has 0 aliphatic heterocycles. The largest absolute Gasteiger partial charge is 0.508 e. The van der Waals surface area contributed by atoms with Crippen LogP contribution in [0, 0.1) is 31.7 Å². The number of hydrogen-bond donors (Lipinski definition) is 2. The number of benzene rings is 3. The molecule has 18 nitrogen and oxygen atoms in total. The number of aromatic hydroxyl groups is 1. The van der Waals surface area contributed by atoms with E-state index in [4.69, 9.17) is 51.8 Å². The summed E-state index contributed by atoms with van der Waals surface area (Å²) in [4.78, 5) is 43.2. The maximum Gasteiger partial charge on any atom is 0.440 e. The van der Waals surface area contributed by atoms with Gasteiger partial charge in [-0.1, -0.05) is 25.6 Å². The van der Waals surface area contributed by atoms with Crippen molar-refractivity contribution in [1.29, 1.82) is 0 Å². The van der Waals surface area contributed by atoms with Crippen molar-refractivity contribution in [1.82, 2.24) is 0 Å². The van der Waals surface area contributed by atoms with Crippen molar-refractivity contribution in [2.75, 3.05) is 6.16 Å². The summed E-state index contributed by atoms with van der Waals surface area (Å²) in [5.41, 5.74) is 3.28. The molecule has 1 aliphatic rings. The third-order valence-corrected chi connectivity index (χ3v) is 9.58. The number of nitrogens with zero attached hydrogens (tertiary/aromatic N) is 2. The normalized spacial score (nSPS) is 12.2. The summed E-state index contributed by atoms with van der Waals surface area (Å²) in [6.07, 6.45) is 5.04. The molecule has 0 amide bonds. The maximum absolute atomic E-state index is 13.6. The first-order valence-electron chi connectivity index (χ1n) is 17.7. The number of carbonyl (C=O) groups is 2. The number of allylic oxidation sites excluding steroid dienone is 5. The minimum atomic E-state index is -3.89. The van der Waals surface area contributed by atoms with Crippen molar-refractivity contribution in [3.63, 3.8) is 0 Å². The van der Waals surface area contributed by atoms with Crippen molar-refractivity contribution in [2.45, 2.75) is 80.6 Å². The van der Waals surface area contributed by atoms with Gasteiger partial charge in [-0.25, -0.2) is 9.13 Å². The fourth-order valence-electron chi connectivity index (χ4n) is 3.93. The predicted octanol–water partition coefficient (Wildman–Crippen LogP) is 10.8. The smallest absolute Gasteiger partial charge is 0.440 e. The summed E-state index contributed by atoms with van der Waals surface area (Å²) in [7, 11) is -3.89. The molecule has 0 saturated carbocycles. The number of ether oxygens (including phenoxy) is 2. The standard InChI is InChI=1S/C20H24NO7P.C7H15NO2.C6H4Cl2O2P.C6H5NO3.CH4.ClH.H2O/c1-15(2)26-19(22)20(3,4)14-29(25,27-17-8-6-5-7-9-17)28-18-12-10-16(11-13-18)21(23)24;1-5(2)10-6(9)7(3,4)8;7-11(8,9)10-6-4-2-1-3-5-6;8-6-3-1-5(2-4-6)7(9)10;;;/h5-13,15H,14H2,1-4H3;5H,8H2,1-4H3;1-2,4-5H;1-4,8H;1H4;1H;1H2/q;;+1;;;;. The van der Waals surface area contributed by atoms with Gasteiger partial charge < -0.3 is 39.4 Å². The Labute approximate surface area is 383 Å². The number of hydrogen-bond acceptors (Lipinski definition) is 15. The number of nitro benzene ring substituents is 2. The van der Waals surface area contributed by atoms with Gasteiger partial charge in [-0.05, 0) is 91.8 Å². The van der Waals surface area contributed by atoms with Gasteiger partial charge in [-0.3, -0.25) is 29.8 Å². The highest BCUT2D eigenvalue weighted by Gasteiger charge is 2.42. The molecule has 1 atom stereocenters. The molecule has 0 bridgehead atoms. The lowest BCUT2D eigenvalue weighted by molar-refractivity contribution is -0.385. The van der Waals surface area contributed by atoms with Gasteiger partial charge in [0.25, 0.3) is 11.4 Å². The molecule has 1 aliphatic carbocycles. The van der Waals surface area contributed by atoms with Crippen LogP contribution in [0.5, 0.6) is 17.2 Å². The van der Waals surface area contributed by atoms with Gasteiger partial charge in [0.2, 0.25) is 5.76 Å². The molecular weight excluding hydrogens is 931 g/mol. The van der Waals surface area contributed by atoms with Gasteiger partial charge in [-0.2, -0.15) is 0 Å². The van der Waals surface area contributed by atoms with E-state index in [2.05, 4.69) is 10.6 Å². The number of esters is 2. The molecular formula is C40H55Cl3N3O15P2+. The number of para-hydroxylation sites is 1. The lowest BCUT2D eigenvalue weighted by atomic mass is 9.97. The zero-order valence-electron chi connectivity index (χ0n) is 35.0. The quantitative estimate of drug-likeness (QED) is 0.0499. The van der Waals surface area contributed by atoms with Crippen LogP contribution in [-0.2, 0) is 32.7 Å². The van der Waals surface area contributed by atoms with E-state index in [0.29, 0.717) is 11.5 Å². The van der Waals surface area contributed by atoms with Crippen molar-refractivity contribution < 1.29 is 62.2 Å². The summed E-state index contributed by atoms with van der Waals surface area (Å²) in [6, 6.07) is 18.6. The third-order valence-electron chi connectivity index (χ3n) is 6.58. The van der Waals surface area contributed by atoms with Crippen molar-refractivity contribution in [3.8, 4) is 17.2 Å². The van der Waals surface area contributed by atoms with Gasteiger partial charge >= 0.3 is 25.6 Å². The van der Waals surface area contributed by atoms with Gasteiger partial charge in [-0.15, -0.1) is 12.4 Å². The Morgan fingerprint density at radius 1 is 0.778 bits per heavy atom. The molecule has 0 aromatic heterocycles. The minimum absolute atomic E-state index is 0. The molecule has 5 N–H and O–H groups in total. The van der Waals surface area contributed by atoms with Crippen molar-refractivity contribution in [3.05, 3.63) is 135 Å². The first kappa shape index (κ1) is 62.3. The molecule has 63 heavy (non-hydrogen) atoms. The molecule has 3 aromatic carbocycles. The molecule has 1 unspecified atom stereocenters. The topological polar surface area (TPSA) is 278 Å². The molecule has 4 rings (SSSR count). The summed E-state index contributed by atoms with van der Waals surface area (Å²) in [5, 5.41) is 29.6. The van der Waals surface area contributed by atoms with Gasteiger partial charge in [0.05, 0.1) is 45.8 Å². The Balaban J connectivity index is -0.000000871. The number of nitro groups is 2. The van der Waals surface area contributed by atoms with E-state index in [1.54, 1.807) is 104 Å². The Hall–Kier alpha value is -5.02. The molecule has 0 saturated heterocycles. The zero-order valence-corrected chi connectivity index (χ0v) is 39.1. The van der Waals surface area contributed by atoms with E-state index in [-0.39, 0.29) is 72.5 Å². The SMILES string of the molecule is C.CC(C)OC(=O)C(C)(C)CP(=O)(Oc1ccccc1)Oc1ccc([N+](=O)[O-])cc1.CC(C)OC(=O)C(C)(C)N.Cl.O.O=P(Cl)(Cl)OC1=CC=C[C+]=C1.O=[N+]([O-])c1ccc(O)cc1. The molecule has 3 aromatic rings. The summed E-state index contributed by atoms with van der Waals surface area (Å²) >= 11 is 10.3. The Kier molecular flexibility index (Phi) is 28.3. The Bertz CT molecular complexity index is 2070. The van der Waals surface area contributed by atoms with E-state index >= 15 is 0 Å². The highest BCUT2D eigenvalue weighted by molar-refractivity contribution is 8.05. The van der Waals surface area contributed by atoms with Gasteiger partial charge in [0.1, 0.15) is 34.9 Å². The van der Waals surface area contributed by atoms with E-state index in [1.165, 1.54) is 54.6 Å². The number of halogens is 3.